The summed E-state index contributed by atoms with van der Waals surface area (Å²) in [6.45, 7) is 8.47. The minimum Gasteiger partial charge on any atom is -0.507 e. The summed E-state index contributed by atoms with van der Waals surface area (Å²) in [5, 5.41) is 18.2. The zero-order chi connectivity index (χ0) is 22.3. The topological polar surface area (TPSA) is 78.6 Å². The van der Waals surface area contributed by atoms with Crippen LogP contribution >= 0.6 is 0 Å². The van der Waals surface area contributed by atoms with Crippen molar-refractivity contribution in [1.29, 1.82) is 0 Å². The predicted octanol–water partition coefficient (Wildman–Crippen LogP) is 4.03. The number of phenols is 1. The molecule has 0 spiro atoms. The molecule has 7 nitrogen and oxygen atoms in total. The summed E-state index contributed by atoms with van der Waals surface area (Å²) in [4.78, 5) is 11.3. The molecule has 1 saturated heterocycles. The first kappa shape index (κ1) is 21.4. The lowest BCUT2D eigenvalue weighted by atomic mass is 10.00. The van der Waals surface area contributed by atoms with Crippen LogP contribution in [0.25, 0.3) is 17.0 Å². The molecule has 0 amide bonds. The number of likely N-dealkylation sites (tertiary alicyclic amines) is 1. The van der Waals surface area contributed by atoms with Gasteiger partial charge in [-0.2, -0.15) is 22.7 Å². The zero-order valence-corrected chi connectivity index (χ0v) is 17.7. The Morgan fingerprint density at radius 1 is 1.19 bits per heavy atom. The first-order chi connectivity index (χ1) is 14.7. The Morgan fingerprint density at radius 3 is 2.65 bits per heavy atom. The predicted molar refractivity (Wildman–Crippen MR) is 111 cm³/mol. The van der Waals surface area contributed by atoms with Crippen molar-refractivity contribution in [1.82, 2.24) is 24.5 Å². The summed E-state index contributed by atoms with van der Waals surface area (Å²) in [6, 6.07) is 3.66. The molecule has 2 N–H and O–H groups in total. The number of halogens is 3. The fourth-order valence-electron chi connectivity index (χ4n) is 4.11. The van der Waals surface area contributed by atoms with Crippen LogP contribution in [0.3, 0.4) is 0 Å². The number of nitrogens with zero attached hydrogens (tertiary/aromatic N) is 5. The number of phenolic OH excluding ortho intramolecular Hbond substituents is 1. The molecule has 166 valence electrons. The Bertz CT molecular complexity index is 1090. The largest absolute Gasteiger partial charge is 0.507 e. The summed E-state index contributed by atoms with van der Waals surface area (Å²) in [6.07, 6.45) is -2.40. The fourth-order valence-corrected chi connectivity index (χ4v) is 4.11. The van der Waals surface area contributed by atoms with Crippen LogP contribution in [0.1, 0.15) is 36.6 Å². The molecule has 0 saturated carbocycles. The molecule has 1 aromatic carbocycles. The van der Waals surface area contributed by atoms with E-state index in [0.29, 0.717) is 23.1 Å². The molecule has 1 unspecified atom stereocenters. The molecule has 3 aromatic rings. The number of nitrogens with one attached hydrogen (secondary N) is 1. The summed E-state index contributed by atoms with van der Waals surface area (Å²) in [5.74, 6) is 0.312. The molecule has 31 heavy (non-hydrogen) atoms. The third kappa shape index (κ3) is 4.30. The molecule has 1 fully saturated rings. The maximum Gasteiger partial charge on any atom is 0.416 e. The smallest absolute Gasteiger partial charge is 0.416 e. The van der Waals surface area contributed by atoms with Crippen LogP contribution in [-0.4, -0.2) is 55.3 Å². The first-order valence-electron chi connectivity index (χ1n) is 10.3. The second-order valence-corrected chi connectivity index (χ2v) is 7.99. The van der Waals surface area contributed by atoms with Crippen LogP contribution in [0.2, 0.25) is 0 Å². The Labute approximate surface area is 177 Å². The molecular weight excluding hydrogens is 409 g/mol. The minimum atomic E-state index is -4.53. The van der Waals surface area contributed by atoms with Gasteiger partial charge in [-0.05, 0) is 63.5 Å². The highest BCUT2D eigenvalue weighted by Gasteiger charge is 2.32. The highest BCUT2D eigenvalue weighted by atomic mass is 19.4. The van der Waals surface area contributed by atoms with Gasteiger partial charge in [0.2, 0.25) is 5.95 Å². The number of rotatable bonds is 4. The van der Waals surface area contributed by atoms with E-state index in [9.17, 15) is 18.3 Å². The summed E-state index contributed by atoms with van der Waals surface area (Å²) < 4.78 is 40.7. The fraction of sp³-hybridized carbons (Fsp3) is 0.476. The number of aryl methyl sites for hydroxylation is 2. The Hall–Kier alpha value is -2.88. The number of hydrogen-bond donors (Lipinski definition) is 2. The van der Waals surface area contributed by atoms with Gasteiger partial charge in [0.1, 0.15) is 5.75 Å². The van der Waals surface area contributed by atoms with Crippen LogP contribution in [0.15, 0.2) is 18.2 Å². The van der Waals surface area contributed by atoms with Crippen molar-refractivity contribution < 1.29 is 18.3 Å². The van der Waals surface area contributed by atoms with Crippen LogP contribution in [-0.2, 0) is 6.18 Å². The molecule has 4 rings (SSSR count). The quantitative estimate of drug-likeness (QED) is 0.646. The van der Waals surface area contributed by atoms with E-state index in [4.69, 9.17) is 0 Å². The van der Waals surface area contributed by atoms with Gasteiger partial charge in [0.05, 0.1) is 11.3 Å². The van der Waals surface area contributed by atoms with Gasteiger partial charge in [0.25, 0.3) is 5.78 Å². The number of aromatic hydroxyl groups is 1. The maximum absolute atomic E-state index is 13.0. The zero-order valence-electron chi connectivity index (χ0n) is 17.7. The lowest BCUT2D eigenvalue weighted by molar-refractivity contribution is -0.137. The summed E-state index contributed by atoms with van der Waals surface area (Å²) in [7, 11) is 0. The van der Waals surface area contributed by atoms with Crippen molar-refractivity contribution in [2.45, 2.75) is 45.8 Å². The van der Waals surface area contributed by atoms with Crippen molar-refractivity contribution in [2.24, 2.45) is 0 Å². The van der Waals surface area contributed by atoms with Crippen LogP contribution in [0, 0.1) is 13.8 Å². The average Bonchev–Trinajstić information content (AvgIpc) is 3.10. The average molecular weight is 434 g/mol. The second-order valence-electron chi connectivity index (χ2n) is 7.99. The number of hydrogen-bond acceptors (Lipinski definition) is 6. The van der Waals surface area contributed by atoms with Gasteiger partial charge < -0.3 is 15.3 Å². The molecule has 10 heteroatoms. The number of piperidine rings is 1. The normalized spacial score (nSPS) is 17.9. The van der Waals surface area contributed by atoms with E-state index in [2.05, 4.69) is 32.2 Å². The first-order valence-corrected chi connectivity index (χ1v) is 10.3. The Kier molecular flexibility index (Phi) is 5.50. The van der Waals surface area contributed by atoms with Gasteiger partial charge in [-0.1, -0.05) is 6.92 Å². The van der Waals surface area contributed by atoms with E-state index in [1.54, 1.807) is 10.6 Å². The molecule has 0 bridgehead atoms. The van der Waals surface area contributed by atoms with Gasteiger partial charge in [-0.15, -0.1) is 5.10 Å². The second kappa shape index (κ2) is 7.99. The molecule has 0 aliphatic carbocycles. The van der Waals surface area contributed by atoms with E-state index in [1.807, 2.05) is 6.92 Å². The Morgan fingerprint density at radius 2 is 1.97 bits per heavy atom. The van der Waals surface area contributed by atoms with E-state index < -0.39 is 17.5 Å². The lowest BCUT2D eigenvalue weighted by Gasteiger charge is -2.31. The number of fused-ring (bicyclic) bond motifs is 1. The van der Waals surface area contributed by atoms with Gasteiger partial charge in [0.15, 0.2) is 0 Å². The highest BCUT2D eigenvalue weighted by Crippen LogP contribution is 2.38. The standard InChI is InChI=1S/C21H25F3N6O/c1-4-29-7-5-6-15(11-29)25-19-27-20-26-16(9-13(3)30(20)28-19)18-12(2)8-14(10-17(18)31)21(22,23)24/h8-10,15,31H,4-7,11H2,1-3H3,(H,25,28). The van der Waals surface area contributed by atoms with E-state index >= 15 is 0 Å². The molecular formula is C21H25F3N6O. The SMILES string of the molecule is CCN1CCCC(Nc2nc3nc(-c4c(C)cc(C(F)(F)F)cc4O)cc(C)n3n2)C1. The highest BCUT2D eigenvalue weighted by molar-refractivity contribution is 5.72. The van der Waals surface area contributed by atoms with Crippen LogP contribution < -0.4 is 5.32 Å². The van der Waals surface area contributed by atoms with Crippen molar-refractivity contribution in [2.75, 3.05) is 25.0 Å². The number of anilines is 1. The molecule has 2 aromatic heterocycles. The van der Waals surface area contributed by atoms with Gasteiger partial charge in [-0.25, -0.2) is 4.98 Å². The molecule has 1 atom stereocenters. The molecule has 1 aliphatic heterocycles. The molecule has 0 radical (unpaired) electrons. The number of benzene rings is 1. The minimum absolute atomic E-state index is 0.243. The number of likely N-dealkylation sites (N-methyl/N-ethyl adjacent to an activating group) is 1. The third-order valence-electron chi connectivity index (χ3n) is 5.67. The van der Waals surface area contributed by atoms with Crippen LogP contribution in [0.5, 0.6) is 5.75 Å². The van der Waals surface area contributed by atoms with Crippen LogP contribution in [0.4, 0.5) is 19.1 Å². The van der Waals surface area contributed by atoms with E-state index in [1.165, 1.54) is 6.92 Å². The molecule has 1 aliphatic rings. The van der Waals surface area contributed by atoms with Crippen molar-refractivity contribution in [3.05, 3.63) is 35.0 Å². The van der Waals surface area contributed by atoms with E-state index in [-0.39, 0.29) is 17.2 Å². The maximum atomic E-state index is 13.0. The molecule has 3 heterocycles. The summed E-state index contributed by atoms with van der Waals surface area (Å²) >= 11 is 0. The van der Waals surface area contributed by atoms with Gasteiger partial charge in [-0.3, -0.25) is 0 Å². The Balaban J connectivity index is 1.67. The van der Waals surface area contributed by atoms with Gasteiger partial charge in [0, 0.05) is 23.8 Å². The van der Waals surface area contributed by atoms with Crippen molar-refractivity contribution in [3.63, 3.8) is 0 Å². The van der Waals surface area contributed by atoms with Crippen molar-refractivity contribution >= 4 is 11.7 Å². The monoisotopic (exact) mass is 434 g/mol. The number of alkyl halides is 3. The number of aromatic nitrogens is 4. The lowest BCUT2D eigenvalue weighted by Crippen LogP contribution is -2.42. The van der Waals surface area contributed by atoms with Gasteiger partial charge >= 0.3 is 6.18 Å². The van der Waals surface area contributed by atoms with E-state index in [0.717, 1.165) is 44.6 Å². The summed E-state index contributed by atoms with van der Waals surface area (Å²) in [5.41, 5.74) is 0.692. The van der Waals surface area contributed by atoms with Crippen molar-refractivity contribution in [3.8, 4) is 17.0 Å². The third-order valence-corrected chi connectivity index (χ3v) is 5.67.